The molecule has 0 bridgehead atoms. The number of piperazine rings is 1. The molecule has 1 aromatic heterocycles. The van der Waals surface area contributed by atoms with Crippen LogP contribution in [0.5, 0.6) is 0 Å². The maximum atomic E-state index is 11.7. The summed E-state index contributed by atoms with van der Waals surface area (Å²) in [6.45, 7) is 3.82. The molecule has 0 saturated carbocycles. The Morgan fingerprint density at radius 3 is 2.36 bits per heavy atom. The molecule has 6 heteroatoms. The zero-order chi connectivity index (χ0) is 19.5. The molecule has 0 radical (unpaired) electrons. The lowest BCUT2D eigenvalue weighted by molar-refractivity contribution is 0.111. The van der Waals surface area contributed by atoms with Crippen LogP contribution in [0.4, 0.5) is 11.4 Å². The molecule has 2 heterocycles. The highest BCUT2D eigenvalue weighted by molar-refractivity contribution is 5.81. The molecule has 0 atom stereocenters. The Bertz CT molecular complexity index is 989. The molecule has 1 saturated heterocycles. The lowest BCUT2D eigenvalue weighted by Gasteiger charge is -2.34. The second-order valence-corrected chi connectivity index (χ2v) is 7.06. The van der Waals surface area contributed by atoms with Crippen molar-refractivity contribution in [2.75, 3.05) is 38.1 Å². The van der Waals surface area contributed by atoms with Crippen LogP contribution in [0.1, 0.15) is 10.5 Å². The quantitative estimate of drug-likeness (QED) is 0.498. The maximum Gasteiger partial charge on any atom is 0.166 e. The monoisotopic (exact) mass is 374 g/mol. The van der Waals surface area contributed by atoms with Gasteiger partial charge in [-0.25, -0.2) is 0 Å². The predicted octanol–water partition coefficient (Wildman–Crippen LogP) is 4.11. The highest BCUT2D eigenvalue weighted by Gasteiger charge is 2.18. The van der Waals surface area contributed by atoms with Crippen LogP contribution in [-0.2, 0) is 0 Å². The zero-order valence-corrected chi connectivity index (χ0v) is 15.8. The van der Waals surface area contributed by atoms with Gasteiger partial charge in [0, 0.05) is 43.6 Å². The van der Waals surface area contributed by atoms with Crippen LogP contribution in [0, 0.1) is 4.91 Å². The van der Waals surface area contributed by atoms with E-state index in [9.17, 15) is 9.70 Å². The van der Waals surface area contributed by atoms with Gasteiger partial charge in [0.2, 0.25) is 0 Å². The largest absolute Gasteiger partial charge is 0.369 e. The Balaban J connectivity index is 1.77. The highest BCUT2D eigenvalue weighted by Crippen LogP contribution is 2.32. The van der Waals surface area contributed by atoms with Crippen molar-refractivity contribution in [3.8, 4) is 16.8 Å². The molecule has 142 valence electrons. The van der Waals surface area contributed by atoms with Gasteiger partial charge in [0.15, 0.2) is 6.29 Å². The minimum Gasteiger partial charge on any atom is -0.369 e. The van der Waals surface area contributed by atoms with E-state index in [1.54, 1.807) is 10.6 Å². The van der Waals surface area contributed by atoms with E-state index >= 15 is 0 Å². The number of likely N-dealkylation sites (N-methyl/N-ethyl adjacent to an activating group) is 1. The number of nitroso groups, excluding NO2 is 1. The third kappa shape index (κ3) is 3.46. The van der Waals surface area contributed by atoms with Crippen LogP contribution >= 0.6 is 0 Å². The fraction of sp³-hybridized carbons (Fsp3) is 0.227. The normalized spacial score (nSPS) is 14.8. The lowest BCUT2D eigenvalue weighted by Crippen LogP contribution is -2.44. The summed E-state index contributed by atoms with van der Waals surface area (Å²) in [4.78, 5) is 27.7. The predicted molar refractivity (Wildman–Crippen MR) is 112 cm³/mol. The zero-order valence-electron chi connectivity index (χ0n) is 15.8. The van der Waals surface area contributed by atoms with Gasteiger partial charge in [-0.05, 0) is 42.1 Å². The summed E-state index contributed by atoms with van der Waals surface area (Å²) in [5, 5.41) is 3.19. The number of carbonyl (C=O) groups is 1. The average Bonchev–Trinajstić information content (AvgIpc) is 3.19. The summed E-state index contributed by atoms with van der Waals surface area (Å²) >= 11 is 0. The first kappa shape index (κ1) is 18.1. The Morgan fingerprint density at radius 2 is 1.68 bits per heavy atom. The van der Waals surface area contributed by atoms with Crippen molar-refractivity contribution in [1.29, 1.82) is 0 Å². The second-order valence-electron chi connectivity index (χ2n) is 7.06. The third-order valence-corrected chi connectivity index (χ3v) is 5.26. The van der Waals surface area contributed by atoms with Gasteiger partial charge in [-0.15, -0.1) is 4.91 Å². The number of benzene rings is 2. The summed E-state index contributed by atoms with van der Waals surface area (Å²) in [5.74, 6) is 0. The van der Waals surface area contributed by atoms with Crippen LogP contribution in [0.2, 0.25) is 0 Å². The van der Waals surface area contributed by atoms with Gasteiger partial charge in [-0.3, -0.25) is 4.79 Å². The first-order valence-corrected chi connectivity index (χ1v) is 9.34. The summed E-state index contributed by atoms with van der Waals surface area (Å²) in [7, 11) is 2.11. The van der Waals surface area contributed by atoms with E-state index in [2.05, 4.69) is 22.0 Å². The molecule has 0 amide bonds. The molecule has 1 fully saturated rings. The number of hydrogen-bond donors (Lipinski definition) is 0. The first-order chi connectivity index (χ1) is 13.7. The maximum absolute atomic E-state index is 11.7. The Hall–Kier alpha value is -3.25. The number of nitrogens with zero attached hydrogens (tertiary/aromatic N) is 4. The minimum atomic E-state index is 0.316. The Kier molecular flexibility index (Phi) is 5.04. The summed E-state index contributed by atoms with van der Waals surface area (Å²) in [6.07, 6.45) is 2.69. The third-order valence-electron chi connectivity index (χ3n) is 5.26. The van der Waals surface area contributed by atoms with E-state index < -0.39 is 0 Å². The molecule has 6 nitrogen and oxygen atoms in total. The van der Waals surface area contributed by atoms with E-state index in [1.807, 2.05) is 54.7 Å². The van der Waals surface area contributed by atoms with Crippen molar-refractivity contribution in [3.63, 3.8) is 0 Å². The highest BCUT2D eigenvalue weighted by atomic mass is 16.3. The molecule has 1 aliphatic heterocycles. The van der Waals surface area contributed by atoms with Crippen molar-refractivity contribution in [2.24, 2.45) is 5.18 Å². The second kappa shape index (κ2) is 7.78. The SMILES string of the molecule is CN1CCN(c2ccc(N=O)c(-n3cc(-c4ccccc4)cc3C=O)c2)CC1. The number of carbonyl (C=O) groups excluding carboxylic acids is 1. The lowest BCUT2D eigenvalue weighted by atomic mass is 10.1. The molecule has 4 rings (SSSR count). The first-order valence-electron chi connectivity index (χ1n) is 9.34. The molecule has 3 aromatic rings. The standard InChI is InChI=1S/C22H22N4O2/c1-24-9-11-25(12-10-24)19-7-8-21(23-28)22(14-19)26-15-18(13-20(26)16-27)17-5-3-2-4-6-17/h2-8,13-16H,9-12H2,1H3. The van der Waals surface area contributed by atoms with Crippen LogP contribution < -0.4 is 4.90 Å². The van der Waals surface area contributed by atoms with E-state index in [4.69, 9.17) is 0 Å². The molecule has 0 spiro atoms. The van der Waals surface area contributed by atoms with Crippen LogP contribution in [0.15, 0.2) is 66.0 Å². The summed E-state index contributed by atoms with van der Waals surface area (Å²) in [5.41, 5.74) is 4.39. The van der Waals surface area contributed by atoms with Crippen molar-refractivity contribution >= 4 is 17.7 Å². The van der Waals surface area contributed by atoms with Crippen molar-refractivity contribution in [3.05, 3.63) is 71.4 Å². The molecular formula is C22H22N4O2. The molecule has 0 aliphatic carbocycles. The number of anilines is 1. The van der Waals surface area contributed by atoms with Crippen molar-refractivity contribution < 1.29 is 4.79 Å². The topological polar surface area (TPSA) is 57.9 Å². The van der Waals surface area contributed by atoms with Crippen molar-refractivity contribution in [1.82, 2.24) is 9.47 Å². The van der Waals surface area contributed by atoms with Crippen LogP contribution in [-0.4, -0.2) is 49.0 Å². The van der Waals surface area contributed by atoms with Gasteiger partial charge in [0.25, 0.3) is 0 Å². The molecule has 0 N–H and O–H groups in total. The average molecular weight is 374 g/mol. The fourth-order valence-electron chi connectivity index (χ4n) is 3.61. The molecule has 0 unspecified atom stereocenters. The van der Waals surface area contributed by atoms with E-state index in [0.717, 1.165) is 49.3 Å². The van der Waals surface area contributed by atoms with Gasteiger partial charge in [-0.2, -0.15) is 0 Å². The van der Waals surface area contributed by atoms with Crippen molar-refractivity contribution in [2.45, 2.75) is 0 Å². The van der Waals surface area contributed by atoms with E-state index in [1.165, 1.54) is 0 Å². The van der Waals surface area contributed by atoms with Gasteiger partial charge in [0.1, 0.15) is 5.69 Å². The molecular weight excluding hydrogens is 352 g/mol. The number of aromatic nitrogens is 1. The van der Waals surface area contributed by atoms with Gasteiger partial charge in [-0.1, -0.05) is 30.3 Å². The minimum absolute atomic E-state index is 0.316. The molecule has 28 heavy (non-hydrogen) atoms. The fourth-order valence-corrected chi connectivity index (χ4v) is 3.61. The summed E-state index contributed by atoms with van der Waals surface area (Å²) < 4.78 is 1.76. The van der Waals surface area contributed by atoms with E-state index in [0.29, 0.717) is 17.1 Å². The molecule has 1 aliphatic rings. The van der Waals surface area contributed by atoms with E-state index in [-0.39, 0.29) is 0 Å². The Morgan fingerprint density at radius 1 is 0.929 bits per heavy atom. The van der Waals surface area contributed by atoms with Gasteiger partial charge >= 0.3 is 0 Å². The number of rotatable bonds is 5. The van der Waals surface area contributed by atoms with Crippen LogP contribution in [0.25, 0.3) is 16.8 Å². The number of hydrogen-bond acceptors (Lipinski definition) is 5. The van der Waals surface area contributed by atoms with Gasteiger partial charge < -0.3 is 14.4 Å². The molecule has 2 aromatic carbocycles. The Labute approximate surface area is 164 Å². The van der Waals surface area contributed by atoms with Gasteiger partial charge in [0.05, 0.1) is 11.4 Å². The van der Waals surface area contributed by atoms with Crippen LogP contribution in [0.3, 0.4) is 0 Å². The number of aldehydes is 1. The summed E-state index contributed by atoms with van der Waals surface area (Å²) in [6, 6.07) is 17.3. The smallest absolute Gasteiger partial charge is 0.166 e.